The molecular weight excluding hydrogens is 993 g/mol. The number of aliphatic hydroxyl groups excluding tert-OH is 5. The number of carbonyl (C=O) groups excluding carboxylic acids is 4. The summed E-state index contributed by atoms with van der Waals surface area (Å²) in [6, 6.07) is 3.01. The summed E-state index contributed by atoms with van der Waals surface area (Å²) in [6.45, 7) is 15.1. The molecule has 0 aromatic heterocycles. The van der Waals surface area contributed by atoms with Crippen LogP contribution in [0.4, 0.5) is 0 Å². The third-order valence-corrected chi connectivity index (χ3v) is 14.8. The molecule has 5 aliphatic rings. The van der Waals surface area contributed by atoms with Crippen molar-refractivity contribution in [2.75, 3.05) is 7.11 Å². The highest BCUT2D eigenvalue weighted by atomic mass is 16.7. The van der Waals surface area contributed by atoms with E-state index in [2.05, 4.69) is 0 Å². The van der Waals surface area contributed by atoms with Gasteiger partial charge in [0, 0.05) is 51.2 Å². The van der Waals surface area contributed by atoms with Gasteiger partial charge in [-0.2, -0.15) is 0 Å². The largest absolute Gasteiger partial charge is 0.507 e. The molecule has 0 bridgehead atoms. The molecule has 7 rings (SSSR count). The summed E-state index contributed by atoms with van der Waals surface area (Å²) in [4.78, 5) is 52.9. The zero-order valence-corrected chi connectivity index (χ0v) is 44.0. The number of phenols is 2. The summed E-state index contributed by atoms with van der Waals surface area (Å²) in [6.07, 6.45) is -23.1. The topological polar surface area (TPSA) is 332 Å². The fraction of sp³-hybridized carbons (Fsp3) is 0.731. The third kappa shape index (κ3) is 12.4. The van der Waals surface area contributed by atoms with Gasteiger partial charge in [0.15, 0.2) is 42.6 Å². The minimum atomic E-state index is -1.94. The molecule has 4 aliphatic heterocycles. The van der Waals surface area contributed by atoms with Crippen molar-refractivity contribution < 1.29 is 112 Å². The van der Waals surface area contributed by atoms with Crippen LogP contribution >= 0.6 is 0 Å². The quantitative estimate of drug-likeness (QED) is 0.111. The maximum atomic E-state index is 15.0. The van der Waals surface area contributed by atoms with Crippen molar-refractivity contribution in [1.29, 1.82) is 0 Å². The molecule has 8 N–H and O–H groups in total. The summed E-state index contributed by atoms with van der Waals surface area (Å²) >= 11 is 0. The number of ether oxygens (including phenoxy) is 11. The lowest BCUT2D eigenvalue weighted by Gasteiger charge is -2.47. The van der Waals surface area contributed by atoms with Crippen LogP contribution in [-0.4, -0.2) is 194 Å². The van der Waals surface area contributed by atoms with E-state index in [1.807, 2.05) is 0 Å². The van der Waals surface area contributed by atoms with Gasteiger partial charge in [-0.1, -0.05) is 13.8 Å². The Morgan fingerprint density at radius 1 is 0.773 bits per heavy atom. The van der Waals surface area contributed by atoms with Crippen molar-refractivity contribution in [3.63, 3.8) is 0 Å². The molecule has 1 aliphatic carbocycles. The van der Waals surface area contributed by atoms with E-state index in [0.29, 0.717) is 0 Å². The zero-order valence-electron chi connectivity index (χ0n) is 44.0. The summed E-state index contributed by atoms with van der Waals surface area (Å²) in [7, 11) is 1.18. The zero-order chi connectivity index (χ0) is 55.3. The first kappa shape index (κ1) is 58.5. The first-order chi connectivity index (χ1) is 35.1. The Hall–Kier alpha value is -4.18. The van der Waals surface area contributed by atoms with Gasteiger partial charge in [-0.15, -0.1) is 0 Å². The van der Waals surface area contributed by atoms with E-state index in [1.54, 1.807) is 34.6 Å². The second kappa shape index (κ2) is 23.4. The van der Waals surface area contributed by atoms with Gasteiger partial charge in [-0.3, -0.25) is 19.2 Å². The third-order valence-electron chi connectivity index (χ3n) is 14.8. The highest BCUT2D eigenvalue weighted by Crippen LogP contribution is 2.47. The molecule has 0 radical (unpaired) electrons. The predicted octanol–water partition coefficient (Wildman–Crippen LogP) is 1.65. The van der Waals surface area contributed by atoms with Crippen LogP contribution in [0.3, 0.4) is 0 Å². The number of hydrogen-bond acceptors (Lipinski definition) is 23. The molecule has 0 saturated carbocycles. The first-order valence-corrected chi connectivity index (χ1v) is 25.5. The molecule has 420 valence electrons. The average Bonchev–Trinajstić information content (AvgIpc) is 3.31. The maximum absolute atomic E-state index is 15.0. The van der Waals surface area contributed by atoms with Gasteiger partial charge in [-0.25, -0.2) is 0 Å². The van der Waals surface area contributed by atoms with Crippen molar-refractivity contribution >= 4 is 34.3 Å². The molecule has 21 atom stereocenters. The molecule has 23 nitrogen and oxygen atoms in total. The molecule has 21 unspecified atom stereocenters. The number of benzene rings is 2. The van der Waals surface area contributed by atoms with Gasteiger partial charge >= 0.3 is 11.9 Å². The fourth-order valence-corrected chi connectivity index (χ4v) is 10.8. The van der Waals surface area contributed by atoms with Crippen LogP contribution < -0.4 is 4.74 Å². The monoisotopic (exact) mass is 1070 g/mol. The van der Waals surface area contributed by atoms with E-state index in [4.69, 9.17) is 52.1 Å². The summed E-state index contributed by atoms with van der Waals surface area (Å²) < 4.78 is 65.7. The highest BCUT2D eigenvalue weighted by molar-refractivity contribution is 6.11. The predicted molar refractivity (Wildman–Crippen MR) is 257 cm³/mol. The smallest absolute Gasteiger partial charge is 0.308 e. The normalized spacial score (nSPS) is 37.6. The molecule has 2 aromatic rings. The van der Waals surface area contributed by atoms with Gasteiger partial charge in [0.05, 0.1) is 65.7 Å². The molecular formula is C52H74O23. The van der Waals surface area contributed by atoms with Crippen molar-refractivity contribution in [1.82, 2.24) is 0 Å². The number of fused-ring (bicyclic) bond motifs is 2. The van der Waals surface area contributed by atoms with Crippen LogP contribution in [0, 0.1) is 18.8 Å². The average molecular weight is 1070 g/mol. The number of Topliss-reactive ketones (excluding diaryl/α,β-unsaturated/α-hetero) is 2. The lowest BCUT2D eigenvalue weighted by atomic mass is 9.75. The van der Waals surface area contributed by atoms with Gasteiger partial charge < -0.3 is 93.0 Å². The number of aromatic hydroxyl groups is 2. The number of ketones is 2. The fourth-order valence-electron chi connectivity index (χ4n) is 10.8. The minimum absolute atomic E-state index is 0.0806. The molecule has 23 heteroatoms. The SMILES string of the molecule is COC(C(=O)C(O)C(C)O)C1Cc2cc3cc(OC4CC(O)C(OC(C)=O)C(C)O4)c(C)c(O)c3c(O)c2C(=O)C1OC1CC(OC2CC(OC3CC(C)(O)C(OC(=O)C(C)C)C(C)O3)C(O)C(C)O2)C(O)C(C)O1. The van der Waals surface area contributed by atoms with E-state index < -0.39 is 169 Å². The number of phenolic OH excluding ortho intramolecular Hbond substituents is 2. The van der Waals surface area contributed by atoms with E-state index >= 15 is 0 Å². The highest BCUT2D eigenvalue weighted by Gasteiger charge is 2.52. The van der Waals surface area contributed by atoms with E-state index in [9.17, 15) is 60.0 Å². The molecule has 0 amide bonds. The molecule has 75 heavy (non-hydrogen) atoms. The Bertz CT molecular complexity index is 2380. The Balaban J connectivity index is 1.13. The number of aliphatic hydroxyl groups is 6. The molecule has 4 fully saturated rings. The van der Waals surface area contributed by atoms with Crippen molar-refractivity contribution in [3.8, 4) is 17.2 Å². The second-order valence-electron chi connectivity index (χ2n) is 21.2. The van der Waals surface area contributed by atoms with Crippen LogP contribution in [0.1, 0.15) is 109 Å². The molecule has 4 heterocycles. The van der Waals surface area contributed by atoms with Crippen LogP contribution in [0.5, 0.6) is 17.2 Å². The Morgan fingerprint density at radius 2 is 1.35 bits per heavy atom. The number of methoxy groups -OCH3 is 1. The summed E-state index contributed by atoms with van der Waals surface area (Å²) in [5.74, 6) is -5.61. The van der Waals surface area contributed by atoms with Crippen molar-refractivity contribution in [2.45, 2.75) is 224 Å². The minimum Gasteiger partial charge on any atom is -0.507 e. The lowest BCUT2D eigenvalue weighted by molar-refractivity contribution is -0.334. The Kier molecular flexibility index (Phi) is 18.3. The maximum Gasteiger partial charge on any atom is 0.308 e. The van der Waals surface area contributed by atoms with E-state index in [1.165, 1.54) is 53.9 Å². The molecule has 2 aromatic carbocycles. The van der Waals surface area contributed by atoms with Crippen LogP contribution in [0.25, 0.3) is 10.8 Å². The Morgan fingerprint density at radius 3 is 1.89 bits per heavy atom. The van der Waals surface area contributed by atoms with E-state index in [0.717, 1.165) is 0 Å². The number of rotatable bonds is 16. The van der Waals surface area contributed by atoms with E-state index in [-0.39, 0.29) is 65.3 Å². The van der Waals surface area contributed by atoms with Crippen LogP contribution in [-0.2, 0) is 68.2 Å². The van der Waals surface area contributed by atoms with Crippen LogP contribution in [0.2, 0.25) is 0 Å². The van der Waals surface area contributed by atoms with Gasteiger partial charge in [0.1, 0.15) is 53.4 Å². The Labute approximate surface area is 434 Å². The summed E-state index contributed by atoms with van der Waals surface area (Å²) in [5.41, 5.74) is -1.48. The van der Waals surface area contributed by atoms with Gasteiger partial charge in [-0.05, 0) is 78.0 Å². The number of hydrogen-bond donors (Lipinski definition) is 8. The number of carbonyl (C=O) groups is 4. The lowest BCUT2D eigenvalue weighted by Crippen LogP contribution is -2.59. The van der Waals surface area contributed by atoms with Gasteiger partial charge in [0.25, 0.3) is 0 Å². The van der Waals surface area contributed by atoms with Crippen molar-refractivity contribution in [3.05, 3.63) is 28.8 Å². The first-order valence-electron chi connectivity index (χ1n) is 25.5. The standard InChI is InChI=1S/C52H74O23/c1-19(2)51(63)75-50-25(8)69-37(18-52(50,10)64)73-33-16-35(66-22(5)43(33)59)72-32-17-36(67-23(6)42(32)58)74-49-29(48(65-11)46(62)41(57)21(4)53)13-27-12-28-14-31(20(3)40(56)38(28)44(60)39(27)45(49)61)71-34-15-30(55)47(24(7)68-34)70-26(9)54/h12,14,19,21-25,29-30,32-37,41-43,47-50,53,55-60,64H,13,15-18H2,1-11H3. The van der Waals surface area contributed by atoms with Crippen LogP contribution in [0.15, 0.2) is 12.1 Å². The molecule has 4 saturated heterocycles. The van der Waals surface area contributed by atoms with Crippen molar-refractivity contribution in [2.24, 2.45) is 11.8 Å². The summed E-state index contributed by atoms with van der Waals surface area (Å²) in [5, 5.41) is 89.6. The second-order valence-corrected chi connectivity index (χ2v) is 21.2. The molecule has 0 spiro atoms. The van der Waals surface area contributed by atoms with Gasteiger partial charge in [0.2, 0.25) is 6.29 Å². The number of esters is 2.